The lowest BCUT2D eigenvalue weighted by molar-refractivity contribution is -0.143. The number of carboxylic acids is 1. The first kappa shape index (κ1) is 16.3. The van der Waals surface area contributed by atoms with Crippen molar-refractivity contribution in [3.8, 4) is 0 Å². The van der Waals surface area contributed by atoms with Gasteiger partial charge >= 0.3 is 12.0 Å². The van der Waals surface area contributed by atoms with E-state index in [1.165, 1.54) is 0 Å². The van der Waals surface area contributed by atoms with E-state index in [2.05, 4.69) is 10.3 Å². The predicted octanol–water partition coefficient (Wildman–Crippen LogP) is 1.79. The predicted molar refractivity (Wildman–Crippen MR) is 89.6 cm³/mol. The molecule has 2 N–H and O–H groups in total. The van der Waals surface area contributed by atoms with Crippen LogP contribution in [0, 0.1) is 11.8 Å². The number of aromatic nitrogens is 2. The fraction of sp³-hybridized carbons (Fsp3) is 0.471. The number of nitrogens with zero attached hydrogens (tertiary/aromatic N) is 3. The number of amides is 2. The van der Waals surface area contributed by atoms with Gasteiger partial charge in [0, 0.05) is 26.2 Å². The third-order valence-electron chi connectivity index (χ3n) is 4.45. The van der Waals surface area contributed by atoms with E-state index in [1.807, 2.05) is 35.8 Å². The fourth-order valence-electron chi connectivity index (χ4n) is 3.28. The number of rotatable bonds is 4. The van der Waals surface area contributed by atoms with Gasteiger partial charge in [-0.25, -0.2) is 9.78 Å². The molecule has 7 nitrogen and oxygen atoms in total. The average molecular weight is 330 g/mol. The Labute approximate surface area is 140 Å². The number of fused-ring (bicyclic) bond motifs is 1. The van der Waals surface area contributed by atoms with Crippen LogP contribution < -0.4 is 5.32 Å². The lowest BCUT2D eigenvalue weighted by Crippen LogP contribution is -2.49. The normalized spacial score (nSPS) is 21.0. The zero-order valence-corrected chi connectivity index (χ0v) is 13.7. The molecule has 0 saturated carbocycles. The standard InChI is InChI=1S/C17H22N4O3/c1-12-8-13(16(22)23)10-21(9-12)17(24)18-6-7-20-11-19-14-4-2-3-5-15(14)20/h2-5,11-13H,6-10H2,1H3,(H,18,24)(H,22,23). The SMILES string of the molecule is CC1CC(C(=O)O)CN(C(=O)NCCn2cnc3ccccc32)C1. The third kappa shape index (κ3) is 3.50. The molecule has 1 aromatic carbocycles. The number of imidazole rings is 1. The van der Waals surface area contributed by atoms with Crippen LogP contribution in [-0.4, -0.2) is 51.2 Å². The minimum absolute atomic E-state index is 0.197. The van der Waals surface area contributed by atoms with Crippen molar-refractivity contribution in [2.24, 2.45) is 11.8 Å². The van der Waals surface area contributed by atoms with E-state index in [9.17, 15) is 14.7 Å². The van der Waals surface area contributed by atoms with Gasteiger partial charge in [-0.3, -0.25) is 4.79 Å². The number of piperidine rings is 1. The molecule has 0 spiro atoms. The quantitative estimate of drug-likeness (QED) is 0.895. The Hall–Kier alpha value is -2.57. The van der Waals surface area contributed by atoms with Gasteiger partial charge < -0.3 is 19.9 Å². The van der Waals surface area contributed by atoms with Gasteiger partial charge in [0.1, 0.15) is 0 Å². The molecule has 1 aromatic heterocycles. The van der Waals surface area contributed by atoms with Gasteiger partial charge in [0.2, 0.25) is 0 Å². The molecule has 1 aliphatic heterocycles. The number of likely N-dealkylation sites (tertiary alicyclic amines) is 1. The van der Waals surface area contributed by atoms with E-state index in [-0.39, 0.29) is 18.5 Å². The molecule has 24 heavy (non-hydrogen) atoms. The summed E-state index contributed by atoms with van der Waals surface area (Å²) < 4.78 is 1.99. The smallest absolute Gasteiger partial charge is 0.317 e. The Morgan fingerprint density at radius 1 is 1.33 bits per heavy atom. The van der Waals surface area contributed by atoms with Gasteiger partial charge in [-0.2, -0.15) is 0 Å². The molecule has 1 fully saturated rings. The summed E-state index contributed by atoms with van der Waals surface area (Å²) in [4.78, 5) is 29.4. The van der Waals surface area contributed by atoms with Gasteiger partial charge in [0.25, 0.3) is 0 Å². The van der Waals surface area contributed by atoms with Crippen LogP contribution in [0.15, 0.2) is 30.6 Å². The lowest BCUT2D eigenvalue weighted by Gasteiger charge is -2.34. The second-order valence-corrected chi connectivity index (χ2v) is 6.44. The van der Waals surface area contributed by atoms with Crippen molar-refractivity contribution in [1.29, 1.82) is 0 Å². The molecule has 2 heterocycles. The van der Waals surface area contributed by atoms with Crippen molar-refractivity contribution >= 4 is 23.0 Å². The summed E-state index contributed by atoms with van der Waals surface area (Å²) in [5.41, 5.74) is 1.96. The van der Waals surface area contributed by atoms with Gasteiger partial charge in [-0.05, 0) is 24.5 Å². The largest absolute Gasteiger partial charge is 0.481 e. The highest BCUT2D eigenvalue weighted by molar-refractivity contribution is 5.77. The number of aliphatic carboxylic acids is 1. The second kappa shape index (κ2) is 6.90. The Balaban J connectivity index is 1.54. The summed E-state index contributed by atoms with van der Waals surface area (Å²) in [6.07, 6.45) is 2.39. The van der Waals surface area contributed by atoms with Crippen molar-refractivity contribution in [2.75, 3.05) is 19.6 Å². The van der Waals surface area contributed by atoms with Crippen LogP contribution in [0.3, 0.4) is 0 Å². The molecule has 2 amide bonds. The highest BCUT2D eigenvalue weighted by Crippen LogP contribution is 2.21. The number of benzene rings is 1. The van der Waals surface area contributed by atoms with Crippen molar-refractivity contribution < 1.29 is 14.7 Å². The maximum Gasteiger partial charge on any atom is 0.317 e. The van der Waals surface area contributed by atoms with Gasteiger partial charge in [0.05, 0.1) is 23.3 Å². The van der Waals surface area contributed by atoms with E-state index in [1.54, 1.807) is 11.2 Å². The second-order valence-electron chi connectivity index (χ2n) is 6.44. The molecule has 128 valence electrons. The van der Waals surface area contributed by atoms with Crippen LogP contribution in [0.1, 0.15) is 13.3 Å². The molecule has 0 aliphatic carbocycles. The first-order valence-corrected chi connectivity index (χ1v) is 8.20. The van der Waals surface area contributed by atoms with E-state index in [4.69, 9.17) is 0 Å². The summed E-state index contributed by atoms with van der Waals surface area (Å²) in [7, 11) is 0. The summed E-state index contributed by atoms with van der Waals surface area (Å²) in [5, 5.41) is 12.1. The monoisotopic (exact) mass is 330 g/mol. The van der Waals surface area contributed by atoms with Crippen molar-refractivity contribution in [3.05, 3.63) is 30.6 Å². The molecule has 3 rings (SSSR count). The molecule has 0 bridgehead atoms. The zero-order valence-electron chi connectivity index (χ0n) is 13.7. The van der Waals surface area contributed by atoms with E-state index >= 15 is 0 Å². The van der Waals surface area contributed by atoms with Gasteiger partial charge in [-0.15, -0.1) is 0 Å². The average Bonchev–Trinajstić information content (AvgIpc) is 2.97. The summed E-state index contributed by atoms with van der Waals surface area (Å²) in [6.45, 7) is 3.95. The maximum atomic E-state index is 12.3. The zero-order chi connectivity index (χ0) is 17.1. The van der Waals surface area contributed by atoms with Gasteiger partial charge in [-0.1, -0.05) is 19.1 Å². The number of para-hydroxylation sites is 2. The number of carboxylic acid groups (broad SMARTS) is 1. The van der Waals surface area contributed by atoms with Gasteiger partial charge in [0.15, 0.2) is 0 Å². The summed E-state index contributed by atoms with van der Waals surface area (Å²) in [5.74, 6) is -1.11. The highest BCUT2D eigenvalue weighted by Gasteiger charge is 2.31. The van der Waals surface area contributed by atoms with Crippen molar-refractivity contribution in [3.63, 3.8) is 0 Å². The van der Waals surface area contributed by atoms with E-state index in [0.29, 0.717) is 26.1 Å². The fourth-order valence-corrected chi connectivity index (χ4v) is 3.28. The lowest BCUT2D eigenvalue weighted by atomic mass is 9.91. The van der Waals surface area contributed by atoms with Crippen LogP contribution in [-0.2, 0) is 11.3 Å². The number of hydrogen-bond donors (Lipinski definition) is 2. The minimum Gasteiger partial charge on any atom is -0.481 e. The van der Waals surface area contributed by atoms with Crippen LogP contribution in [0.5, 0.6) is 0 Å². The van der Waals surface area contributed by atoms with Crippen LogP contribution in [0.25, 0.3) is 11.0 Å². The molecule has 1 saturated heterocycles. The number of nitrogens with one attached hydrogen (secondary N) is 1. The number of carbonyl (C=O) groups is 2. The molecule has 0 radical (unpaired) electrons. The number of hydrogen-bond acceptors (Lipinski definition) is 3. The van der Waals surface area contributed by atoms with Crippen molar-refractivity contribution in [1.82, 2.24) is 19.8 Å². The number of urea groups is 1. The Bertz CT molecular complexity index is 742. The molecule has 7 heteroatoms. The van der Waals surface area contributed by atoms with E-state index in [0.717, 1.165) is 11.0 Å². The molecule has 2 aromatic rings. The first-order chi connectivity index (χ1) is 11.5. The van der Waals surface area contributed by atoms with Crippen LogP contribution in [0.2, 0.25) is 0 Å². The Morgan fingerprint density at radius 3 is 2.92 bits per heavy atom. The van der Waals surface area contributed by atoms with Crippen LogP contribution >= 0.6 is 0 Å². The van der Waals surface area contributed by atoms with Crippen molar-refractivity contribution in [2.45, 2.75) is 19.9 Å². The summed E-state index contributed by atoms with van der Waals surface area (Å²) >= 11 is 0. The Kier molecular flexibility index (Phi) is 4.69. The third-order valence-corrected chi connectivity index (χ3v) is 4.45. The van der Waals surface area contributed by atoms with Crippen LogP contribution in [0.4, 0.5) is 4.79 Å². The minimum atomic E-state index is -0.829. The molecular weight excluding hydrogens is 308 g/mol. The summed E-state index contributed by atoms with van der Waals surface area (Å²) in [6, 6.07) is 7.65. The molecular formula is C17H22N4O3. The highest BCUT2D eigenvalue weighted by atomic mass is 16.4. The molecule has 2 unspecified atom stereocenters. The topological polar surface area (TPSA) is 87.5 Å². The Morgan fingerprint density at radius 2 is 2.12 bits per heavy atom. The number of carbonyl (C=O) groups excluding carboxylic acids is 1. The molecule has 1 aliphatic rings. The molecule has 2 atom stereocenters. The first-order valence-electron chi connectivity index (χ1n) is 8.20. The maximum absolute atomic E-state index is 12.3. The van der Waals surface area contributed by atoms with E-state index < -0.39 is 11.9 Å².